The summed E-state index contributed by atoms with van der Waals surface area (Å²) in [6, 6.07) is 0. The maximum atomic E-state index is 11.8. The molecular weight excluding hydrogens is 292 g/mol. The van der Waals surface area contributed by atoms with Crippen LogP contribution in [-0.2, 0) is 14.3 Å². The third kappa shape index (κ3) is 2.14. The third-order valence-corrected chi connectivity index (χ3v) is 7.24. The minimum atomic E-state index is -0.516. The van der Waals surface area contributed by atoms with Gasteiger partial charge in [0.25, 0.3) is 0 Å². The summed E-state index contributed by atoms with van der Waals surface area (Å²) < 4.78 is 5.72. The highest BCUT2D eigenvalue weighted by molar-refractivity contribution is 5.91. The number of esters is 1. The Morgan fingerprint density at radius 2 is 1.96 bits per heavy atom. The van der Waals surface area contributed by atoms with Gasteiger partial charge in [-0.3, -0.25) is 9.59 Å². The smallest absolute Gasteiger partial charge is 0.306 e. The maximum Gasteiger partial charge on any atom is 0.306 e. The van der Waals surface area contributed by atoms with Gasteiger partial charge in [-0.2, -0.15) is 0 Å². The van der Waals surface area contributed by atoms with Gasteiger partial charge in [-0.15, -0.1) is 0 Å². The lowest BCUT2D eigenvalue weighted by Crippen LogP contribution is -2.61. The fourth-order valence-electron chi connectivity index (χ4n) is 6.22. The monoisotopic (exact) mass is 318 g/mol. The van der Waals surface area contributed by atoms with Crippen molar-refractivity contribution in [3.8, 4) is 0 Å². The first kappa shape index (κ1) is 15.4. The van der Waals surface area contributed by atoms with E-state index < -0.39 is 11.7 Å². The summed E-state index contributed by atoms with van der Waals surface area (Å²) in [7, 11) is 0. The fraction of sp³-hybridized carbons (Fsp3) is 0.789. The van der Waals surface area contributed by atoms with E-state index >= 15 is 0 Å². The van der Waals surface area contributed by atoms with Gasteiger partial charge in [-0.05, 0) is 55.9 Å². The van der Waals surface area contributed by atoms with Crippen molar-refractivity contribution < 1.29 is 19.4 Å². The molecule has 3 aliphatic carbocycles. The zero-order valence-corrected chi connectivity index (χ0v) is 14.0. The normalized spacial score (nSPS) is 49.4. The Morgan fingerprint density at radius 3 is 2.74 bits per heavy atom. The summed E-state index contributed by atoms with van der Waals surface area (Å²) in [4.78, 5) is 23.6. The molecule has 3 fully saturated rings. The first-order chi connectivity index (χ1) is 10.8. The molecule has 4 heteroatoms. The number of rotatable bonds is 0. The molecule has 0 aromatic carbocycles. The number of ether oxygens (including phenoxy) is 1. The lowest BCUT2D eigenvalue weighted by molar-refractivity contribution is -0.212. The van der Waals surface area contributed by atoms with Gasteiger partial charge in [0.2, 0.25) is 0 Å². The average molecular weight is 318 g/mol. The van der Waals surface area contributed by atoms with Crippen LogP contribution in [0.2, 0.25) is 0 Å². The van der Waals surface area contributed by atoms with E-state index in [-0.39, 0.29) is 23.1 Å². The molecule has 1 N–H and O–H groups in total. The summed E-state index contributed by atoms with van der Waals surface area (Å²) in [5.41, 5.74) is 0.655. The quantitative estimate of drug-likeness (QED) is 0.698. The number of allylic oxidation sites excluding steroid dienone is 2. The molecule has 0 amide bonds. The van der Waals surface area contributed by atoms with E-state index in [1.54, 1.807) is 0 Å². The average Bonchev–Trinajstić information content (AvgIpc) is 2.46. The largest absolute Gasteiger partial charge is 0.459 e. The van der Waals surface area contributed by atoms with Gasteiger partial charge < -0.3 is 9.84 Å². The Morgan fingerprint density at radius 1 is 1.17 bits per heavy atom. The zero-order chi connectivity index (χ0) is 16.4. The van der Waals surface area contributed by atoms with Crippen molar-refractivity contribution in [2.45, 2.75) is 70.5 Å². The summed E-state index contributed by atoms with van der Waals surface area (Å²) in [5, 5.41) is 11.0. The number of carbonyl (C=O) groups is 2. The van der Waals surface area contributed by atoms with Crippen LogP contribution in [0.4, 0.5) is 0 Å². The third-order valence-electron chi connectivity index (χ3n) is 7.24. The van der Waals surface area contributed by atoms with Crippen LogP contribution in [0.1, 0.15) is 58.8 Å². The first-order valence-corrected chi connectivity index (χ1v) is 8.97. The highest BCUT2D eigenvalue weighted by atomic mass is 16.6. The molecule has 0 unspecified atom stereocenters. The first-order valence-electron chi connectivity index (χ1n) is 8.97. The molecule has 4 rings (SSSR count). The molecule has 1 heterocycles. The van der Waals surface area contributed by atoms with Crippen molar-refractivity contribution >= 4 is 11.8 Å². The predicted octanol–water partition coefficient (Wildman–Crippen LogP) is 2.78. The van der Waals surface area contributed by atoms with Crippen molar-refractivity contribution in [1.29, 1.82) is 0 Å². The molecule has 1 aliphatic heterocycles. The molecule has 0 spiro atoms. The number of ketones is 1. The van der Waals surface area contributed by atoms with Crippen LogP contribution in [-0.4, -0.2) is 28.6 Å². The van der Waals surface area contributed by atoms with Gasteiger partial charge in [0, 0.05) is 25.2 Å². The SMILES string of the molecule is C[C@]12C[C@@H](O)[C@@H]3[C@H](CCC4=CC(=O)CC[C@]43C)[C@H]1CCC(=O)O2. The lowest BCUT2D eigenvalue weighted by Gasteiger charge is -2.60. The molecule has 0 aromatic rings. The topological polar surface area (TPSA) is 63.6 Å². The zero-order valence-electron chi connectivity index (χ0n) is 14.0. The molecule has 2 saturated carbocycles. The summed E-state index contributed by atoms with van der Waals surface area (Å²) in [6.07, 6.45) is 6.66. The molecule has 0 bridgehead atoms. The number of hydrogen-bond donors (Lipinski definition) is 1. The predicted molar refractivity (Wildman–Crippen MR) is 84.5 cm³/mol. The molecule has 126 valence electrons. The Balaban J connectivity index is 1.72. The van der Waals surface area contributed by atoms with Gasteiger partial charge in [-0.1, -0.05) is 12.5 Å². The highest BCUT2D eigenvalue weighted by Gasteiger charge is 2.60. The molecule has 23 heavy (non-hydrogen) atoms. The molecule has 0 radical (unpaired) electrons. The van der Waals surface area contributed by atoms with E-state index in [0.717, 1.165) is 25.7 Å². The minimum absolute atomic E-state index is 0.0704. The van der Waals surface area contributed by atoms with Crippen molar-refractivity contribution in [2.24, 2.45) is 23.2 Å². The van der Waals surface area contributed by atoms with Gasteiger partial charge >= 0.3 is 5.97 Å². The molecule has 4 aliphatic rings. The molecule has 1 saturated heterocycles. The fourth-order valence-corrected chi connectivity index (χ4v) is 6.22. The Kier molecular flexibility index (Phi) is 3.29. The number of aliphatic hydroxyl groups is 1. The van der Waals surface area contributed by atoms with Crippen molar-refractivity contribution in [3.63, 3.8) is 0 Å². The number of hydrogen-bond acceptors (Lipinski definition) is 4. The van der Waals surface area contributed by atoms with Crippen LogP contribution < -0.4 is 0 Å². The van der Waals surface area contributed by atoms with Crippen molar-refractivity contribution in [1.82, 2.24) is 0 Å². The van der Waals surface area contributed by atoms with Crippen LogP contribution in [0.5, 0.6) is 0 Å². The number of aliphatic hydroxyl groups excluding tert-OH is 1. The van der Waals surface area contributed by atoms with Crippen molar-refractivity contribution in [2.75, 3.05) is 0 Å². The summed E-state index contributed by atoms with van der Waals surface area (Å²) >= 11 is 0. The number of fused-ring (bicyclic) bond motifs is 5. The standard InChI is InChI=1S/C19H26O4/c1-18-8-7-12(20)9-11(18)3-4-13-14-5-6-16(22)23-19(14,2)10-15(21)17(13)18/h9,13-15,17,21H,3-8,10H2,1-2H3/t13-,14-,15-,17+,18-,19+/m1/s1. The highest BCUT2D eigenvalue weighted by Crippen LogP contribution is 2.61. The van der Waals surface area contributed by atoms with Crippen molar-refractivity contribution in [3.05, 3.63) is 11.6 Å². The van der Waals surface area contributed by atoms with Crippen LogP contribution in [0.3, 0.4) is 0 Å². The van der Waals surface area contributed by atoms with E-state index in [9.17, 15) is 14.7 Å². The van der Waals surface area contributed by atoms with Crippen LogP contribution in [0.25, 0.3) is 0 Å². The molecule has 4 nitrogen and oxygen atoms in total. The van der Waals surface area contributed by atoms with Crippen LogP contribution >= 0.6 is 0 Å². The maximum absolute atomic E-state index is 11.8. The second-order valence-corrected chi connectivity index (χ2v) is 8.49. The Bertz CT molecular complexity index is 594. The Hall–Kier alpha value is -1.16. The van der Waals surface area contributed by atoms with E-state index in [2.05, 4.69) is 6.92 Å². The van der Waals surface area contributed by atoms with Crippen LogP contribution in [0.15, 0.2) is 11.6 Å². The van der Waals surface area contributed by atoms with Gasteiger partial charge in [0.1, 0.15) is 5.60 Å². The molecule has 6 atom stereocenters. The molecule has 0 aromatic heterocycles. The summed E-state index contributed by atoms with van der Waals surface area (Å²) in [6.45, 7) is 4.25. The van der Waals surface area contributed by atoms with Gasteiger partial charge in [0.05, 0.1) is 6.10 Å². The van der Waals surface area contributed by atoms with E-state index in [1.165, 1.54) is 5.57 Å². The Labute approximate surface area is 137 Å². The lowest BCUT2D eigenvalue weighted by atomic mass is 9.47. The van der Waals surface area contributed by atoms with E-state index in [4.69, 9.17) is 4.74 Å². The second-order valence-electron chi connectivity index (χ2n) is 8.49. The minimum Gasteiger partial charge on any atom is -0.459 e. The number of carbonyl (C=O) groups excluding carboxylic acids is 2. The molecular formula is C19H26O4. The second kappa shape index (κ2) is 4.92. The van der Waals surface area contributed by atoms with E-state index in [1.807, 2.05) is 13.0 Å². The van der Waals surface area contributed by atoms with E-state index in [0.29, 0.717) is 31.1 Å². The van der Waals surface area contributed by atoms with Gasteiger partial charge in [0.15, 0.2) is 5.78 Å². The summed E-state index contributed by atoms with van der Waals surface area (Å²) in [5.74, 6) is 1.01. The van der Waals surface area contributed by atoms with Crippen LogP contribution in [0, 0.1) is 23.2 Å². The van der Waals surface area contributed by atoms with Gasteiger partial charge in [-0.25, -0.2) is 0 Å².